The number of ether oxygens (including phenoxy) is 1. The quantitative estimate of drug-likeness (QED) is 0.774. The minimum absolute atomic E-state index is 0.0596. The molecule has 1 fully saturated rings. The summed E-state index contributed by atoms with van der Waals surface area (Å²) in [6, 6.07) is 3.55. The Bertz CT molecular complexity index is 533. The third-order valence-corrected chi connectivity index (χ3v) is 5.40. The highest BCUT2D eigenvalue weighted by Crippen LogP contribution is 2.25. The third-order valence-electron chi connectivity index (χ3n) is 4.17. The van der Waals surface area contributed by atoms with Gasteiger partial charge in [0, 0.05) is 12.7 Å². The third kappa shape index (κ3) is 6.03. The molecule has 0 unspecified atom stereocenters. The van der Waals surface area contributed by atoms with Gasteiger partial charge in [0.1, 0.15) is 10.8 Å². The lowest BCUT2D eigenvalue weighted by atomic mass is 9.88. The fourth-order valence-electron chi connectivity index (χ4n) is 2.76. The maximum absolute atomic E-state index is 12.0. The molecule has 0 spiro atoms. The summed E-state index contributed by atoms with van der Waals surface area (Å²) in [6.07, 6.45) is 6.81. The number of nitrogens with one attached hydrogen (secondary N) is 1. The van der Waals surface area contributed by atoms with Crippen molar-refractivity contribution in [1.82, 2.24) is 10.3 Å². The second-order valence-electron chi connectivity index (χ2n) is 6.18. The zero-order chi connectivity index (χ0) is 16.7. The maximum atomic E-state index is 12.0. The fourth-order valence-corrected chi connectivity index (χ4v) is 3.64. The van der Waals surface area contributed by atoms with Crippen molar-refractivity contribution in [3.63, 3.8) is 0 Å². The monoisotopic (exact) mass is 338 g/mol. The summed E-state index contributed by atoms with van der Waals surface area (Å²) in [5.74, 6) is 0.307. The van der Waals surface area contributed by atoms with Crippen LogP contribution in [0.4, 0.5) is 0 Å². The summed E-state index contributed by atoms with van der Waals surface area (Å²) in [7, 11) is -1.40. The standard InChI is InChI=1S/C17H26N2O3S/c1-13-7-8-17(19-11-13)23(21)12-16(20)18-9-10-22-15-6-4-3-5-14(15)2/h7-8,11,14-15H,3-6,9-10,12H2,1-2H3,(H,18,20)/t14-,15-,23-/m1/s1. The molecule has 1 aromatic heterocycles. The van der Waals surface area contributed by atoms with E-state index < -0.39 is 10.8 Å². The second-order valence-corrected chi connectivity index (χ2v) is 7.58. The van der Waals surface area contributed by atoms with E-state index in [0.29, 0.717) is 30.2 Å². The maximum Gasteiger partial charge on any atom is 0.233 e. The minimum Gasteiger partial charge on any atom is -0.376 e. The first kappa shape index (κ1) is 18.1. The molecule has 1 aliphatic rings. The Morgan fingerprint density at radius 1 is 1.39 bits per heavy atom. The lowest BCUT2D eigenvalue weighted by molar-refractivity contribution is -0.119. The van der Waals surface area contributed by atoms with Crippen LogP contribution >= 0.6 is 0 Å². The zero-order valence-corrected chi connectivity index (χ0v) is 14.7. The summed E-state index contributed by atoms with van der Waals surface area (Å²) in [5.41, 5.74) is 1.00. The van der Waals surface area contributed by atoms with Gasteiger partial charge in [0.25, 0.3) is 0 Å². The van der Waals surface area contributed by atoms with E-state index in [1.54, 1.807) is 12.3 Å². The van der Waals surface area contributed by atoms with Crippen LogP contribution in [0.15, 0.2) is 23.4 Å². The molecule has 0 aromatic carbocycles. The van der Waals surface area contributed by atoms with Crippen molar-refractivity contribution in [3.8, 4) is 0 Å². The molecule has 0 bridgehead atoms. The first-order valence-corrected chi connectivity index (χ1v) is 9.57. The number of amides is 1. The Hall–Kier alpha value is -1.27. The van der Waals surface area contributed by atoms with E-state index in [2.05, 4.69) is 17.2 Å². The normalized spacial score (nSPS) is 22.5. The van der Waals surface area contributed by atoms with Gasteiger partial charge in [0.2, 0.25) is 5.91 Å². The van der Waals surface area contributed by atoms with Gasteiger partial charge in [-0.3, -0.25) is 9.00 Å². The van der Waals surface area contributed by atoms with Crippen LogP contribution in [0.5, 0.6) is 0 Å². The summed E-state index contributed by atoms with van der Waals surface area (Å²) in [5, 5.41) is 3.21. The predicted molar refractivity (Wildman–Crippen MR) is 90.6 cm³/mol. The molecular formula is C17H26N2O3S. The predicted octanol–water partition coefficient (Wildman–Crippen LogP) is 2.21. The summed E-state index contributed by atoms with van der Waals surface area (Å²) >= 11 is 0. The fraction of sp³-hybridized carbons (Fsp3) is 0.647. The average Bonchev–Trinajstić information content (AvgIpc) is 2.53. The Balaban J connectivity index is 1.64. The van der Waals surface area contributed by atoms with Gasteiger partial charge in [-0.2, -0.15) is 0 Å². The van der Waals surface area contributed by atoms with Gasteiger partial charge in [-0.1, -0.05) is 25.8 Å². The van der Waals surface area contributed by atoms with Crippen molar-refractivity contribution in [3.05, 3.63) is 23.9 Å². The van der Waals surface area contributed by atoms with Gasteiger partial charge in [0.15, 0.2) is 0 Å². The molecule has 1 aliphatic carbocycles. The molecule has 0 aliphatic heterocycles. The molecule has 1 N–H and O–H groups in total. The van der Waals surface area contributed by atoms with Crippen LogP contribution in [-0.2, 0) is 20.3 Å². The number of carbonyl (C=O) groups is 1. The molecule has 3 atom stereocenters. The Morgan fingerprint density at radius 2 is 2.17 bits per heavy atom. The van der Waals surface area contributed by atoms with Gasteiger partial charge in [-0.15, -0.1) is 0 Å². The van der Waals surface area contributed by atoms with Crippen LogP contribution in [0.3, 0.4) is 0 Å². The van der Waals surface area contributed by atoms with E-state index in [1.807, 2.05) is 13.0 Å². The van der Waals surface area contributed by atoms with Gasteiger partial charge in [0.05, 0.1) is 23.5 Å². The van der Waals surface area contributed by atoms with Crippen LogP contribution < -0.4 is 5.32 Å². The van der Waals surface area contributed by atoms with Crippen molar-refractivity contribution in [2.75, 3.05) is 18.9 Å². The molecule has 1 saturated carbocycles. The number of hydrogen-bond donors (Lipinski definition) is 1. The largest absolute Gasteiger partial charge is 0.376 e. The number of carbonyl (C=O) groups excluding carboxylic acids is 1. The van der Waals surface area contributed by atoms with Crippen LogP contribution in [0.2, 0.25) is 0 Å². The van der Waals surface area contributed by atoms with E-state index in [9.17, 15) is 9.00 Å². The Labute approximate surface area is 140 Å². The van der Waals surface area contributed by atoms with Crippen molar-refractivity contribution in [2.45, 2.75) is 50.7 Å². The summed E-state index contributed by atoms with van der Waals surface area (Å²) in [4.78, 5) is 15.9. The zero-order valence-electron chi connectivity index (χ0n) is 13.9. The van der Waals surface area contributed by atoms with E-state index in [4.69, 9.17) is 4.74 Å². The number of aryl methyl sites for hydroxylation is 1. The summed E-state index contributed by atoms with van der Waals surface area (Å²) in [6.45, 7) is 5.11. The van der Waals surface area contributed by atoms with Crippen LogP contribution in [0.25, 0.3) is 0 Å². The van der Waals surface area contributed by atoms with Gasteiger partial charge in [-0.05, 0) is 37.3 Å². The van der Waals surface area contributed by atoms with Crippen molar-refractivity contribution < 1.29 is 13.7 Å². The molecule has 2 rings (SSSR count). The Kier molecular flexibility index (Phi) is 7.17. The number of nitrogens with zero attached hydrogens (tertiary/aromatic N) is 1. The highest BCUT2D eigenvalue weighted by molar-refractivity contribution is 7.85. The second kappa shape index (κ2) is 9.13. The first-order chi connectivity index (χ1) is 11.1. The lowest BCUT2D eigenvalue weighted by Gasteiger charge is -2.28. The number of hydrogen-bond acceptors (Lipinski definition) is 4. The molecular weight excluding hydrogens is 312 g/mol. The number of aromatic nitrogens is 1. The molecule has 23 heavy (non-hydrogen) atoms. The van der Waals surface area contributed by atoms with Crippen LogP contribution in [0.1, 0.15) is 38.2 Å². The summed E-state index contributed by atoms with van der Waals surface area (Å²) < 4.78 is 17.9. The molecule has 128 valence electrons. The molecule has 1 aromatic rings. The van der Waals surface area contributed by atoms with Gasteiger partial charge < -0.3 is 10.1 Å². The van der Waals surface area contributed by atoms with E-state index in [1.165, 1.54) is 19.3 Å². The average molecular weight is 338 g/mol. The molecule has 0 radical (unpaired) electrons. The topological polar surface area (TPSA) is 68.3 Å². The Morgan fingerprint density at radius 3 is 2.87 bits per heavy atom. The molecule has 6 heteroatoms. The molecule has 5 nitrogen and oxygen atoms in total. The highest BCUT2D eigenvalue weighted by atomic mass is 32.2. The minimum atomic E-state index is -1.40. The van der Waals surface area contributed by atoms with Gasteiger partial charge in [-0.25, -0.2) is 4.98 Å². The van der Waals surface area contributed by atoms with E-state index in [-0.39, 0.29) is 11.7 Å². The van der Waals surface area contributed by atoms with Crippen molar-refractivity contribution in [1.29, 1.82) is 0 Å². The van der Waals surface area contributed by atoms with E-state index in [0.717, 1.165) is 12.0 Å². The van der Waals surface area contributed by atoms with Crippen LogP contribution in [0, 0.1) is 12.8 Å². The van der Waals surface area contributed by atoms with E-state index >= 15 is 0 Å². The van der Waals surface area contributed by atoms with Crippen LogP contribution in [-0.4, -0.2) is 40.1 Å². The molecule has 1 amide bonds. The molecule has 0 saturated heterocycles. The lowest BCUT2D eigenvalue weighted by Crippen LogP contribution is -2.34. The highest BCUT2D eigenvalue weighted by Gasteiger charge is 2.21. The van der Waals surface area contributed by atoms with Gasteiger partial charge >= 0.3 is 0 Å². The van der Waals surface area contributed by atoms with Crippen molar-refractivity contribution in [2.24, 2.45) is 5.92 Å². The molecule has 1 heterocycles. The van der Waals surface area contributed by atoms with Crippen molar-refractivity contribution >= 4 is 16.7 Å². The number of pyridine rings is 1. The SMILES string of the molecule is Cc1ccc([S@](=O)CC(=O)NCCO[C@@H]2CCCC[C@H]2C)nc1. The first-order valence-electron chi connectivity index (χ1n) is 8.25. The number of rotatable bonds is 7. The smallest absolute Gasteiger partial charge is 0.233 e.